The molecule has 0 bridgehead atoms. The summed E-state index contributed by atoms with van der Waals surface area (Å²) in [6, 6.07) is 2.27. The maximum absolute atomic E-state index is 12.2. The van der Waals surface area contributed by atoms with E-state index >= 15 is 0 Å². The van der Waals surface area contributed by atoms with E-state index in [1.54, 1.807) is 11.3 Å². The highest BCUT2D eigenvalue weighted by Crippen LogP contribution is 2.38. The van der Waals surface area contributed by atoms with Crippen LogP contribution in [-0.4, -0.2) is 30.4 Å². The molecule has 4 nitrogen and oxygen atoms in total. The van der Waals surface area contributed by atoms with Crippen LogP contribution in [-0.2, 0) is 17.6 Å². The van der Waals surface area contributed by atoms with Crippen molar-refractivity contribution in [2.24, 2.45) is 5.92 Å². The number of piperidine rings is 1. The largest absolute Gasteiger partial charge is 0.315 e. The smallest absolute Gasteiger partial charge is 0.239 e. The monoisotopic (exact) mass is 303 g/mol. The van der Waals surface area contributed by atoms with Gasteiger partial charge in [0.2, 0.25) is 5.91 Å². The molecule has 1 aliphatic heterocycles. The molecule has 1 N–H and O–H groups in total. The van der Waals surface area contributed by atoms with Crippen LogP contribution in [0.2, 0.25) is 0 Å². The molecule has 0 aromatic carbocycles. The van der Waals surface area contributed by atoms with Gasteiger partial charge < -0.3 is 5.32 Å². The van der Waals surface area contributed by atoms with E-state index in [1.807, 2.05) is 0 Å². The first-order valence-corrected chi connectivity index (χ1v) is 8.56. The Balaban J connectivity index is 1.62. The number of hydrogen-bond acceptors (Lipinski definition) is 4. The third kappa shape index (κ3) is 3.12. The highest BCUT2D eigenvalue weighted by molar-refractivity contribution is 7.16. The lowest BCUT2D eigenvalue weighted by Gasteiger charge is -2.29. The fourth-order valence-electron chi connectivity index (χ4n) is 3.20. The normalized spacial score (nSPS) is 19.2. The van der Waals surface area contributed by atoms with Crippen molar-refractivity contribution in [3.63, 3.8) is 0 Å². The molecule has 0 atom stereocenters. The van der Waals surface area contributed by atoms with E-state index in [1.165, 1.54) is 23.3 Å². The number of carbonyl (C=O) groups excluding carboxylic acids is 1. The third-order valence-electron chi connectivity index (χ3n) is 4.53. The molecule has 1 saturated heterocycles. The van der Waals surface area contributed by atoms with Crippen molar-refractivity contribution in [3.05, 3.63) is 16.0 Å². The molecule has 1 fully saturated rings. The molecule has 1 aliphatic carbocycles. The summed E-state index contributed by atoms with van der Waals surface area (Å²) in [5.41, 5.74) is 1.87. The Morgan fingerprint density at radius 3 is 2.90 bits per heavy atom. The van der Waals surface area contributed by atoms with Gasteiger partial charge in [-0.2, -0.15) is 5.26 Å². The number of thiophene rings is 1. The number of likely N-dealkylation sites (tertiary alicyclic amines) is 1. The average Bonchev–Trinajstić information content (AvgIpc) is 3.01. The lowest BCUT2D eigenvalue weighted by Crippen LogP contribution is -2.38. The first-order valence-electron chi connectivity index (χ1n) is 7.74. The fraction of sp³-hybridized carbons (Fsp3) is 0.625. The van der Waals surface area contributed by atoms with Crippen LogP contribution in [0.5, 0.6) is 0 Å². The number of hydrogen-bond donors (Lipinski definition) is 1. The number of nitrogens with zero attached hydrogens (tertiary/aromatic N) is 2. The van der Waals surface area contributed by atoms with E-state index in [-0.39, 0.29) is 5.91 Å². The van der Waals surface area contributed by atoms with Crippen LogP contribution in [0.4, 0.5) is 5.00 Å². The fourth-order valence-corrected chi connectivity index (χ4v) is 4.46. The SMILES string of the molecule is CC1CCN(CC(=O)Nc2sc3c(c2C#N)CCC3)CC1. The Bertz CT molecular complexity index is 579. The molecule has 1 aromatic heterocycles. The van der Waals surface area contributed by atoms with Crippen molar-refractivity contribution in [1.82, 2.24) is 4.90 Å². The summed E-state index contributed by atoms with van der Waals surface area (Å²) in [5.74, 6) is 0.788. The minimum absolute atomic E-state index is 0.0148. The number of nitriles is 1. The van der Waals surface area contributed by atoms with Crippen LogP contribution in [0.1, 0.15) is 42.2 Å². The Labute approximate surface area is 129 Å². The summed E-state index contributed by atoms with van der Waals surface area (Å²) in [5, 5.41) is 13.1. The zero-order valence-electron chi connectivity index (χ0n) is 12.4. The van der Waals surface area contributed by atoms with Crippen LogP contribution in [0, 0.1) is 17.2 Å². The van der Waals surface area contributed by atoms with Crippen LogP contribution in [0.25, 0.3) is 0 Å². The highest BCUT2D eigenvalue weighted by Gasteiger charge is 2.24. The van der Waals surface area contributed by atoms with Crippen molar-refractivity contribution < 1.29 is 4.79 Å². The van der Waals surface area contributed by atoms with Crippen molar-refractivity contribution in [3.8, 4) is 6.07 Å². The Kier molecular flexibility index (Phi) is 4.27. The van der Waals surface area contributed by atoms with E-state index in [9.17, 15) is 10.1 Å². The number of nitrogens with one attached hydrogen (secondary N) is 1. The molecule has 2 aliphatic rings. The highest BCUT2D eigenvalue weighted by atomic mass is 32.1. The van der Waals surface area contributed by atoms with E-state index < -0.39 is 0 Å². The van der Waals surface area contributed by atoms with Gasteiger partial charge in [-0.05, 0) is 56.7 Å². The van der Waals surface area contributed by atoms with Gasteiger partial charge in [0.05, 0.1) is 12.1 Å². The molecule has 1 aromatic rings. The summed E-state index contributed by atoms with van der Waals surface area (Å²) < 4.78 is 0. The molecule has 5 heteroatoms. The van der Waals surface area contributed by atoms with Gasteiger partial charge >= 0.3 is 0 Å². The van der Waals surface area contributed by atoms with Gasteiger partial charge in [-0.25, -0.2) is 0 Å². The first-order chi connectivity index (χ1) is 10.2. The Morgan fingerprint density at radius 1 is 1.43 bits per heavy atom. The molecule has 112 valence electrons. The van der Waals surface area contributed by atoms with Crippen molar-refractivity contribution in [2.45, 2.75) is 39.0 Å². The van der Waals surface area contributed by atoms with E-state index in [0.717, 1.165) is 43.3 Å². The quantitative estimate of drug-likeness (QED) is 0.934. The Hall–Kier alpha value is -1.38. The average molecular weight is 303 g/mol. The van der Waals surface area contributed by atoms with Gasteiger partial charge in [0.1, 0.15) is 11.1 Å². The second kappa shape index (κ2) is 6.17. The van der Waals surface area contributed by atoms with Crippen molar-refractivity contribution >= 4 is 22.2 Å². The minimum atomic E-state index is 0.0148. The van der Waals surface area contributed by atoms with Gasteiger partial charge in [0.25, 0.3) is 0 Å². The predicted molar refractivity (Wildman–Crippen MR) is 84.5 cm³/mol. The second-order valence-corrected chi connectivity index (χ2v) is 7.29. The maximum atomic E-state index is 12.2. The number of amides is 1. The van der Waals surface area contributed by atoms with Gasteiger partial charge in [-0.3, -0.25) is 9.69 Å². The van der Waals surface area contributed by atoms with E-state index in [4.69, 9.17) is 0 Å². The minimum Gasteiger partial charge on any atom is -0.315 e. The molecule has 0 unspecified atom stereocenters. The predicted octanol–water partition coefficient (Wildman–Crippen LogP) is 2.78. The summed E-state index contributed by atoms with van der Waals surface area (Å²) in [6.45, 7) is 4.71. The number of aryl methyl sites for hydroxylation is 1. The molecule has 21 heavy (non-hydrogen) atoms. The summed E-state index contributed by atoms with van der Waals surface area (Å²) in [7, 11) is 0. The third-order valence-corrected chi connectivity index (χ3v) is 5.74. The first kappa shape index (κ1) is 14.6. The number of fused-ring (bicyclic) bond motifs is 1. The van der Waals surface area contributed by atoms with Crippen LogP contribution in [0.3, 0.4) is 0 Å². The number of rotatable bonds is 3. The topological polar surface area (TPSA) is 56.1 Å². The van der Waals surface area contributed by atoms with Gasteiger partial charge in [0.15, 0.2) is 0 Å². The molecule has 1 amide bonds. The summed E-state index contributed by atoms with van der Waals surface area (Å²) in [4.78, 5) is 15.7. The molecule has 2 heterocycles. The van der Waals surface area contributed by atoms with Gasteiger partial charge in [0, 0.05) is 4.88 Å². The van der Waals surface area contributed by atoms with Gasteiger partial charge in [-0.1, -0.05) is 6.92 Å². The maximum Gasteiger partial charge on any atom is 0.239 e. The molecule has 0 radical (unpaired) electrons. The van der Waals surface area contributed by atoms with Crippen molar-refractivity contribution in [1.29, 1.82) is 5.26 Å². The molecule has 0 spiro atoms. The lowest BCUT2D eigenvalue weighted by atomic mass is 9.99. The zero-order chi connectivity index (χ0) is 14.8. The molecule has 3 rings (SSSR count). The van der Waals surface area contributed by atoms with E-state index in [2.05, 4.69) is 23.2 Å². The standard InChI is InChI=1S/C16H21N3OS/c1-11-5-7-19(8-6-11)10-15(20)18-16-13(9-17)12-3-2-4-14(12)21-16/h11H,2-8,10H2,1H3,(H,18,20). The van der Waals surface area contributed by atoms with Crippen LogP contribution in [0.15, 0.2) is 0 Å². The molecule has 0 saturated carbocycles. The van der Waals surface area contributed by atoms with Gasteiger partial charge in [-0.15, -0.1) is 11.3 Å². The van der Waals surface area contributed by atoms with E-state index in [0.29, 0.717) is 12.1 Å². The molecular formula is C16H21N3OS. The van der Waals surface area contributed by atoms with Crippen LogP contribution >= 0.6 is 11.3 Å². The second-order valence-electron chi connectivity index (χ2n) is 6.18. The number of anilines is 1. The summed E-state index contributed by atoms with van der Waals surface area (Å²) >= 11 is 1.59. The Morgan fingerprint density at radius 2 is 2.19 bits per heavy atom. The number of carbonyl (C=O) groups is 1. The molecular weight excluding hydrogens is 282 g/mol. The lowest BCUT2D eigenvalue weighted by molar-refractivity contribution is -0.117. The van der Waals surface area contributed by atoms with Crippen molar-refractivity contribution in [2.75, 3.05) is 25.0 Å². The zero-order valence-corrected chi connectivity index (χ0v) is 13.3. The summed E-state index contributed by atoms with van der Waals surface area (Å²) in [6.07, 6.45) is 5.51. The van der Waals surface area contributed by atoms with Crippen LogP contribution < -0.4 is 5.32 Å².